The maximum absolute atomic E-state index is 14.3. The fourth-order valence-corrected chi connectivity index (χ4v) is 5.71. The molecule has 2 aromatic carbocycles. The molecule has 7 nitrogen and oxygen atoms in total. The number of likely N-dealkylation sites (tertiary alicyclic amines) is 1. The maximum atomic E-state index is 14.3. The lowest BCUT2D eigenvalue weighted by atomic mass is 9.90. The summed E-state index contributed by atoms with van der Waals surface area (Å²) in [7, 11) is -4.09. The first-order valence-electron chi connectivity index (χ1n) is 11.5. The summed E-state index contributed by atoms with van der Waals surface area (Å²) >= 11 is 0. The zero-order valence-electron chi connectivity index (χ0n) is 19.6. The minimum atomic E-state index is -4.09. The Hall–Kier alpha value is -2.78. The van der Waals surface area contributed by atoms with Gasteiger partial charge in [0.15, 0.2) is 6.61 Å². The summed E-state index contributed by atoms with van der Waals surface area (Å²) in [6.07, 6.45) is 2.72. The molecule has 1 saturated heterocycles. The molecule has 9 heteroatoms. The third kappa shape index (κ3) is 6.21. The Morgan fingerprint density at radius 3 is 2.32 bits per heavy atom. The Kier molecular flexibility index (Phi) is 8.79. The summed E-state index contributed by atoms with van der Waals surface area (Å²) in [6.45, 7) is 4.37. The van der Waals surface area contributed by atoms with Crippen LogP contribution in [0.5, 0.6) is 0 Å². The quantitative estimate of drug-likeness (QED) is 0.503. The first kappa shape index (κ1) is 25.8. The van der Waals surface area contributed by atoms with E-state index in [1.807, 2.05) is 18.2 Å². The summed E-state index contributed by atoms with van der Waals surface area (Å²) in [6, 6.07) is 13.3. The molecule has 2 aromatic rings. The van der Waals surface area contributed by atoms with Crippen molar-refractivity contribution in [2.24, 2.45) is 5.92 Å². The van der Waals surface area contributed by atoms with E-state index >= 15 is 0 Å². The van der Waals surface area contributed by atoms with Gasteiger partial charge in [-0.1, -0.05) is 44.2 Å². The second-order valence-corrected chi connectivity index (χ2v) is 10.2. The SMILES string of the molecule is CCN(CC)S(=O)(=O)c1cc(C(=O)OCC(=O)N2CCC(Cc3ccccc3)CC2)ccc1F. The molecule has 0 spiro atoms. The topological polar surface area (TPSA) is 84.0 Å². The highest BCUT2D eigenvalue weighted by Gasteiger charge is 2.27. The zero-order chi connectivity index (χ0) is 24.7. The van der Waals surface area contributed by atoms with Crippen LogP contribution in [0.1, 0.15) is 42.6 Å². The van der Waals surface area contributed by atoms with Crippen LogP contribution in [0.2, 0.25) is 0 Å². The number of ether oxygens (including phenoxy) is 1. The van der Waals surface area contributed by atoms with Crippen molar-refractivity contribution in [3.05, 3.63) is 65.5 Å². The van der Waals surface area contributed by atoms with E-state index in [0.29, 0.717) is 19.0 Å². The number of rotatable bonds is 9. The number of sulfonamides is 1. The molecule has 1 aliphatic heterocycles. The standard InChI is InChI=1S/C25H31FN2O5S/c1-3-28(4-2)34(31,32)23-17-21(10-11-22(23)26)25(30)33-18-24(29)27-14-12-20(13-15-27)16-19-8-6-5-7-9-19/h5-11,17,20H,3-4,12-16,18H2,1-2H3. The largest absolute Gasteiger partial charge is 0.452 e. The number of hydrogen-bond acceptors (Lipinski definition) is 5. The molecule has 1 heterocycles. The Bertz CT molecular complexity index is 1100. The number of carbonyl (C=O) groups excluding carboxylic acids is 2. The van der Waals surface area contributed by atoms with Gasteiger partial charge in [0.1, 0.15) is 10.7 Å². The highest BCUT2D eigenvalue weighted by atomic mass is 32.2. The van der Waals surface area contributed by atoms with Gasteiger partial charge in [0, 0.05) is 26.2 Å². The van der Waals surface area contributed by atoms with Crippen molar-refractivity contribution in [3.8, 4) is 0 Å². The molecular formula is C25H31FN2O5S. The molecule has 1 fully saturated rings. The van der Waals surface area contributed by atoms with Gasteiger partial charge in [-0.2, -0.15) is 4.31 Å². The van der Waals surface area contributed by atoms with Crippen molar-refractivity contribution >= 4 is 21.9 Å². The maximum Gasteiger partial charge on any atom is 0.338 e. The van der Waals surface area contributed by atoms with Gasteiger partial charge in [-0.15, -0.1) is 0 Å². The molecule has 0 bridgehead atoms. The molecular weight excluding hydrogens is 459 g/mol. The molecule has 0 radical (unpaired) electrons. The van der Waals surface area contributed by atoms with Crippen LogP contribution in [0, 0.1) is 11.7 Å². The van der Waals surface area contributed by atoms with Crippen LogP contribution in [0.4, 0.5) is 4.39 Å². The van der Waals surface area contributed by atoms with Gasteiger partial charge in [-0.3, -0.25) is 4.79 Å². The normalized spacial score (nSPS) is 14.9. The lowest BCUT2D eigenvalue weighted by molar-refractivity contribution is -0.135. The van der Waals surface area contributed by atoms with E-state index in [0.717, 1.165) is 41.8 Å². The zero-order valence-corrected chi connectivity index (χ0v) is 20.4. The second-order valence-electron chi connectivity index (χ2n) is 8.32. The van der Waals surface area contributed by atoms with Gasteiger partial charge in [-0.25, -0.2) is 17.6 Å². The first-order chi connectivity index (χ1) is 16.3. The van der Waals surface area contributed by atoms with E-state index in [1.54, 1.807) is 18.7 Å². The number of esters is 1. The fourth-order valence-electron chi connectivity index (χ4n) is 4.17. The smallest absolute Gasteiger partial charge is 0.338 e. The van der Waals surface area contributed by atoms with Crippen LogP contribution in [0.3, 0.4) is 0 Å². The van der Waals surface area contributed by atoms with Crippen molar-refractivity contribution in [2.45, 2.75) is 38.0 Å². The van der Waals surface area contributed by atoms with Crippen LogP contribution in [0.15, 0.2) is 53.4 Å². The van der Waals surface area contributed by atoms with Crippen LogP contribution in [0.25, 0.3) is 0 Å². The number of carbonyl (C=O) groups is 2. The number of halogens is 1. The number of nitrogens with zero attached hydrogens (tertiary/aromatic N) is 2. The van der Waals surface area contributed by atoms with Gasteiger partial charge in [-0.05, 0) is 48.9 Å². The summed E-state index contributed by atoms with van der Waals surface area (Å²) in [5.41, 5.74) is 1.16. The van der Waals surface area contributed by atoms with E-state index in [4.69, 9.17) is 4.74 Å². The number of piperidine rings is 1. The highest BCUT2D eigenvalue weighted by molar-refractivity contribution is 7.89. The Labute approximate surface area is 200 Å². The van der Waals surface area contributed by atoms with Gasteiger partial charge >= 0.3 is 5.97 Å². The van der Waals surface area contributed by atoms with E-state index < -0.39 is 33.3 Å². The van der Waals surface area contributed by atoms with Crippen molar-refractivity contribution in [3.63, 3.8) is 0 Å². The minimum absolute atomic E-state index is 0.124. The van der Waals surface area contributed by atoms with Crippen LogP contribution < -0.4 is 0 Å². The van der Waals surface area contributed by atoms with Crippen molar-refractivity contribution < 1.29 is 27.1 Å². The number of benzene rings is 2. The fraction of sp³-hybridized carbons (Fsp3) is 0.440. The van der Waals surface area contributed by atoms with Crippen molar-refractivity contribution in [1.82, 2.24) is 9.21 Å². The first-order valence-corrected chi connectivity index (χ1v) is 13.0. The lowest BCUT2D eigenvalue weighted by Gasteiger charge is -2.32. The summed E-state index contributed by atoms with van der Waals surface area (Å²) < 4.78 is 45.9. The molecule has 0 saturated carbocycles. The van der Waals surface area contributed by atoms with Gasteiger partial charge in [0.05, 0.1) is 5.56 Å². The van der Waals surface area contributed by atoms with E-state index in [1.165, 1.54) is 5.56 Å². The van der Waals surface area contributed by atoms with Crippen LogP contribution in [-0.4, -0.2) is 62.3 Å². The van der Waals surface area contributed by atoms with Gasteiger partial charge in [0.25, 0.3) is 5.91 Å². The molecule has 3 rings (SSSR count). The minimum Gasteiger partial charge on any atom is -0.452 e. The molecule has 0 aliphatic carbocycles. The predicted molar refractivity (Wildman–Crippen MR) is 126 cm³/mol. The third-order valence-electron chi connectivity index (χ3n) is 6.15. The molecule has 184 valence electrons. The highest BCUT2D eigenvalue weighted by Crippen LogP contribution is 2.23. The van der Waals surface area contributed by atoms with Gasteiger partial charge in [0.2, 0.25) is 10.0 Å². The van der Waals surface area contributed by atoms with Crippen molar-refractivity contribution in [2.75, 3.05) is 32.8 Å². The monoisotopic (exact) mass is 490 g/mol. The second kappa shape index (κ2) is 11.6. The lowest BCUT2D eigenvalue weighted by Crippen LogP contribution is -2.41. The summed E-state index contributed by atoms with van der Waals surface area (Å²) in [5, 5.41) is 0. The Morgan fingerprint density at radius 2 is 1.71 bits per heavy atom. The van der Waals surface area contributed by atoms with E-state index in [9.17, 15) is 22.4 Å². The van der Waals surface area contributed by atoms with Crippen LogP contribution in [-0.2, 0) is 26.0 Å². The summed E-state index contributed by atoms with van der Waals surface area (Å²) in [4.78, 5) is 26.1. The van der Waals surface area contributed by atoms with Crippen molar-refractivity contribution in [1.29, 1.82) is 0 Å². The summed E-state index contributed by atoms with van der Waals surface area (Å²) in [5.74, 6) is -1.62. The third-order valence-corrected chi connectivity index (χ3v) is 8.22. The molecule has 0 aromatic heterocycles. The molecule has 0 atom stereocenters. The van der Waals surface area contributed by atoms with Crippen LogP contribution >= 0.6 is 0 Å². The average Bonchev–Trinajstić information content (AvgIpc) is 2.84. The van der Waals surface area contributed by atoms with Gasteiger partial charge < -0.3 is 9.64 Å². The average molecular weight is 491 g/mol. The molecule has 1 amide bonds. The Balaban J connectivity index is 1.55. The number of amides is 1. The number of hydrogen-bond donors (Lipinski definition) is 0. The molecule has 34 heavy (non-hydrogen) atoms. The Morgan fingerprint density at radius 1 is 1.06 bits per heavy atom. The van der Waals surface area contributed by atoms with E-state index in [2.05, 4.69) is 12.1 Å². The molecule has 0 N–H and O–H groups in total. The molecule has 0 unspecified atom stereocenters. The van der Waals surface area contributed by atoms with E-state index in [-0.39, 0.29) is 24.6 Å². The molecule has 1 aliphatic rings. The predicted octanol–water partition coefficient (Wildman–Crippen LogP) is 3.49.